The zero-order valence-corrected chi connectivity index (χ0v) is 9.28. The molecule has 1 heterocycles. The lowest BCUT2D eigenvalue weighted by atomic mass is 10.1. The third-order valence-corrected chi connectivity index (χ3v) is 2.37. The van der Waals surface area contributed by atoms with Crippen molar-refractivity contribution in [3.05, 3.63) is 46.0 Å². The van der Waals surface area contributed by atoms with Crippen LogP contribution in [0.3, 0.4) is 0 Å². The number of benzene rings is 1. The van der Waals surface area contributed by atoms with Crippen LogP contribution in [0.25, 0.3) is 0 Å². The van der Waals surface area contributed by atoms with Crippen molar-refractivity contribution in [2.45, 2.75) is 13.3 Å². The Morgan fingerprint density at radius 3 is 2.79 bits per heavy atom. The fourth-order valence-corrected chi connectivity index (χ4v) is 1.55. The molecule has 72 valence electrons. The van der Waals surface area contributed by atoms with Gasteiger partial charge in [0.25, 0.3) is 0 Å². The van der Waals surface area contributed by atoms with Gasteiger partial charge in [-0.15, -0.1) is 0 Å². The maximum atomic E-state index is 5.02. The first-order chi connectivity index (χ1) is 6.75. The largest absolute Gasteiger partial charge is 0.338 e. The quantitative estimate of drug-likeness (QED) is 0.825. The Morgan fingerprint density at radius 1 is 1.36 bits per heavy atom. The molecule has 0 N–H and O–H groups in total. The smallest absolute Gasteiger partial charge is 0.238 e. The van der Waals surface area contributed by atoms with Gasteiger partial charge in [-0.2, -0.15) is 4.98 Å². The summed E-state index contributed by atoms with van der Waals surface area (Å²) in [5.41, 5.74) is 2.45. The third-order valence-electron chi connectivity index (χ3n) is 2.05. The SMILES string of the molecule is Cc1ccccc1Cc1nc(Br)no1. The Labute approximate surface area is 90.3 Å². The summed E-state index contributed by atoms with van der Waals surface area (Å²) in [5, 5.41) is 3.67. The average Bonchev–Trinajstić information content (AvgIpc) is 2.56. The van der Waals surface area contributed by atoms with Crippen LogP contribution in [0.15, 0.2) is 33.5 Å². The van der Waals surface area contributed by atoms with Gasteiger partial charge in [-0.25, -0.2) is 0 Å². The van der Waals surface area contributed by atoms with Crippen LogP contribution >= 0.6 is 15.9 Å². The number of halogens is 1. The topological polar surface area (TPSA) is 38.9 Å². The van der Waals surface area contributed by atoms with Crippen molar-refractivity contribution in [3.8, 4) is 0 Å². The molecule has 0 saturated carbocycles. The minimum Gasteiger partial charge on any atom is -0.338 e. The van der Waals surface area contributed by atoms with Crippen LogP contribution in [-0.2, 0) is 6.42 Å². The molecule has 0 amide bonds. The highest BCUT2D eigenvalue weighted by atomic mass is 79.9. The summed E-state index contributed by atoms with van der Waals surface area (Å²) in [6.07, 6.45) is 0.686. The van der Waals surface area contributed by atoms with E-state index in [4.69, 9.17) is 4.52 Å². The molecule has 0 aliphatic heterocycles. The fraction of sp³-hybridized carbons (Fsp3) is 0.200. The predicted molar refractivity (Wildman–Crippen MR) is 56.0 cm³/mol. The number of hydrogen-bond acceptors (Lipinski definition) is 3. The van der Waals surface area contributed by atoms with E-state index in [0.717, 1.165) is 0 Å². The monoisotopic (exact) mass is 252 g/mol. The summed E-state index contributed by atoms with van der Waals surface area (Å²) in [4.78, 5) is 4.09. The first-order valence-electron chi connectivity index (χ1n) is 4.28. The molecule has 1 aromatic heterocycles. The average molecular weight is 253 g/mol. The van der Waals surface area contributed by atoms with Gasteiger partial charge in [-0.3, -0.25) is 0 Å². The number of aromatic nitrogens is 2. The van der Waals surface area contributed by atoms with E-state index in [9.17, 15) is 0 Å². The summed E-state index contributed by atoms with van der Waals surface area (Å²) in [7, 11) is 0. The molecule has 1 aromatic carbocycles. The molecule has 2 aromatic rings. The van der Waals surface area contributed by atoms with Crippen LogP contribution in [0, 0.1) is 6.92 Å². The van der Waals surface area contributed by atoms with E-state index in [2.05, 4.69) is 45.1 Å². The van der Waals surface area contributed by atoms with Gasteiger partial charge >= 0.3 is 0 Å². The first-order valence-corrected chi connectivity index (χ1v) is 5.07. The minimum absolute atomic E-state index is 0.501. The minimum atomic E-state index is 0.501. The highest BCUT2D eigenvalue weighted by Gasteiger charge is 2.05. The standard InChI is InChI=1S/C10H9BrN2O/c1-7-4-2-3-5-8(7)6-9-12-10(11)13-14-9/h2-5H,6H2,1H3. The van der Waals surface area contributed by atoms with Gasteiger partial charge in [0.05, 0.1) is 6.42 Å². The van der Waals surface area contributed by atoms with E-state index in [-0.39, 0.29) is 0 Å². The van der Waals surface area contributed by atoms with Crippen LogP contribution < -0.4 is 0 Å². The Kier molecular flexibility index (Phi) is 2.63. The zero-order valence-electron chi connectivity index (χ0n) is 7.70. The van der Waals surface area contributed by atoms with E-state index in [0.29, 0.717) is 17.0 Å². The van der Waals surface area contributed by atoms with Gasteiger partial charge in [0.15, 0.2) is 0 Å². The maximum Gasteiger partial charge on any atom is 0.238 e. The highest BCUT2D eigenvalue weighted by Crippen LogP contribution is 2.13. The van der Waals surface area contributed by atoms with Crippen molar-refractivity contribution in [1.29, 1.82) is 0 Å². The lowest BCUT2D eigenvalue weighted by molar-refractivity contribution is 0.381. The number of hydrogen-bond donors (Lipinski definition) is 0. The molecule has 0 aliphatic rings. The Balaban J connectivity index is 2.23. The lowest BCUT2D eigenvalue weighted by Crippen LogP contribution is -1.91. The Hall–Kier alpha value is -1.16. The van der Waals surface area contributed by atoms with Crippen molar-refractivity contribution in [1.82, 2.24) is 10.1 Å². The van der Waals surface area contributed by atoms with Crippen LogP contribution in [0.1, 0.15) is 17.0 Å². The van der Waals surface area contributed by atoms with Crippen LogP contribution in [0.5, 0.6) is 0 Å². The molecular weight excluding hydrogens is 244 g/mol. The van der Waals surface area contributed by atoms with Gasteiger partial charge in [-0.05, 0) is 39.1 Å². The summed E-state index contributed by atoms with van der Waals surface area (Å²) in [6.45, 7) is 2.07. The first kappa shape index (κ1) is 9.40. The number of rotatable bonds is 2. The second kappa shape index (κ2) is 3.92. The van der Waals surface area contributed by atoms with Gasteiger partial charge in [0.2, 0.25) is 10.6 Å². The van der Waals surface area contributed by atoms with Crippen LogP contribution in [-0.4, -0.2) is 10.1 Å². The lowest BCUT2D eigenvalue weighted by Gasteiger charge is -2.00. The fourth-order valence-electron chi connectivity index (χ4n) is 1.28. The number of aryl methyl sites for hydroxylation is 1. The molecule has 14 heavy (non-hydrogen) atoms. The van der Waals surface area contributed by atoms with Crippen molar-refractivity contribution >= 4 is 15.9 Å². The molecule has 0 bridgehead atoms. The third kappa shape index (κ3) is 2.01. The number of nitrogens with zero attached hydrogens (tertiary/aromatic N) is 2. The summed E-state index contributed by atoms with van der Waals surface area (Å²) in [5.74, 6) is 0.631. The molecule has 0 aliphatic carbocycles. The van der Waals surface area contributed by atoms with Gasteiger partial charge in [0.1, 0.15) is 0 Å². The molecule has 0 saturated heterocycles. The predicted octanol–water partition coefficient (Wildman–Crippen LogP) is 2.73. The molecule has 0 radical (unpaired) electrons. The Bertz CT molecular complexity index is 439. The van der Waals surface area contributed by atoms with Gasteiger partial charge in [0, 0.05) is 0 Å². The summed E-state index contributed by atoms with van der Waals surface area (Å²) in [6, 6.07) is 8.16. The van der Waals surface area contributed by atoms with Crippen molar-refractivity contribution in [2.24, 2.45) is 0 Å². The molecule has 0 spiro atoms. The van der Waals surface area contributed by atoms with E-state index in [1.54, 1.807) is 0 Å². The molecule has 0 unspecified atom stereocenters. The van der Waals surface area contributed by atoms with Crippen LogP contribution in [0.2, 0.25) is 0 Å². The van der Waals surface area contributed by atoms with Crippen molar-refractivity contribution in [3.63, 3.8) is 0 Å². The van der Waals surface area contributed by atoms with Crippen LogP contribution in [0.4, 0.5) is 0 Å². The molecule has 0 atom stereocenters. The van der Waals surface area contributed by atoms with Crippen molar-refractivity contribution < 1.29 is 4.52 Å². The second-order valence-electron chi connectivity index (χ2n) is 3.06. The molecule has 0 fully saturated rings. The summed E-state index contributed by atoms with van der Waals surface area (Å²) >= 11 is 3.15. The van der Waals surface area contributed by atoms with E-state index >= 15 is 0 Å². The maximum absolute atomic E-state index is 5.02. The van der Waals surface area contributed by atoms with E-state index < -0.39 is 0 Å². The van der Waals surface area contributed by atoms with E-state index in [1.807, 2.05) is 12.1 Å². The molecular formula is C10H9BrN2O. The zero-order chi connectivity index (χ0) is 9.97. The normalized spacial score (nSPS) is 10.4. The molecule has 3 nitrogen and oxygen atoms in total. The second-order valence-corrected chi connectivity index (χ2v) is 3.77. The highest BCUT2D eigenvalue weighted by molar-refractivity contribution is 9.10. The Morgan fingerprint density at radius 2 is 2.14 bits per heavy atom. The summed E-state index contributed by atoms with van der Waals surface area (Å²) < 4.78 is 5.52. The van der Waals surface area contributed by atoms with Crippen molar-refractivity contribution in [2.75, 3.05) is 0 Å². The molecule has 4 heteroatoms. The molecule has 2 rings (SSSR count). The van der Waals surface area contributed by atoms with Gasteiger partial charge in [-0.1, -0.05) is 24.3 Å². The van der Waals surface area contributed by atoms with E-state index in [1.165, 1.54) is 11.1 Å². The van der Waals surface area contributed by atoms with Gasteiger partial charge < -0.3 is 4.52 Å².